The van der Waals surface area contributed by atoms with Gasteiger partial charge >= 0.3 is 0 Å². The molecule has 0 bridgehead atoms. The first-order valence-corrected chi connectivity index (χ1v) is 8.44. The fourth-order valence-corrected chi connectivity index (χ4v) is 3.17. The van der Waals surface area contributed by atoms with Crippen LogP contribution in [0, 0.1) is 19.8 Å². The van der Waals surface area contributed by atoms with Crippen molar-refractivity contribution in [3.63, 3.8) is 0 Å². The quantitative estimate of drug-likeness (QED) is 0.923. The Labute approximate surface area is 147 Å². The van der Waals surface area contributed by atoms with Crippen LogP contribution in [0.4, 0.5) is 0 Å². The van der Waals surface area contributed by atoms with Crippen molar-refractivity contribution in [2.24, 2.45) is 13.0 Å². The molecule has 1 N–H and O–H groups in total. The zero-order valence-electron chi connectivity index (χ0n) is 15.0. The molecule has 0 saturated heterocycles. The Morgan fingerprint density at radius 2 is 2.12 bits per heavy atom. The number of hydrogen-bond donors (Lipinski definition) is 1. The third-order valence-electron chi connectivity index (χ3n) is 4.81. The molecule has 1 aromatic heterocycles. The third kappa shape index (κ3) is 3.29. The van der Waals surface area contributed by atoms with Crippen molar-refractivity contribution in [1.29, 1.82) is 0 Å². The molecule has 0 spiro atoms. The number of carbonyl (C=O) groups is 2. The normalized spacial score (nSPS) is 17.6. The largest absolute Gasteiger partial charge is 0.490 e. The van der Waals surface area contributed by atoms with Crippen LogP contribution in [0.1, 0.15) is 34.2 Å². The Morgan fingerprint density at radius 3 is 2.80 bits per heavy atom. The first-order chi connectivity index (χ1) is 11.9. The predicted molar refractivity (Wildman–Crippen MR) is 93.7 cm³/mol. The SMILES string of the molecule is Cc1nn(C)c(C)c1CC(C)C(=O)NC1COc2ccccc2C1=O. The van der Waals surface area contributed by atoms with Crippen LogP contribution >= 0.6 is 0 Å². The van der Waals surface area contributed by atoms with E-state index < -0.39 is 6.04 Å². The second kappa shape index (κ2) is 6.70. The number of ether oxygens (including phenoxy) is 1. The highest BCUT2D eigenvalue weighted by Gasteiger charge is 2.31. The van der Waals surface area contributed by atoms with E-state index in [4.69, 9.17) is 4.74 Å². The number of amides is 1. The minimum atomic E-state index is -0.638. The van der Waals surface area contributed by atoms with Crippen LogP contribution in [0.2, 0.25) is 0 Å². The van der Waals surface area contributed by atoms with Crippen LogP contribution in [0.15, 0.2) is 24.3 Å². The number of carbonyl (C=O) groups excluding carboxylic acids is 2. The number of ketones is 1. The molecule has 2 aromatic rings. The molecule has 6 heteroatoms. The maximum absolute atomic E-state index is 12.6. The Hall–Kier alpha value is -2.63. The standard InChI is InChI=1S/C19H23N3O3/c1-11(9-15-12(2)21-22(4)13(15)3)19(24)20-16-10-25-17-8-6-5-7-14(17)18(16)23/h5-8,11,16H,9-10H2,1-4H3,(H,20,24). The number of Topliss-reactive ketones (excluding diaryl/α,β-unsaturated/α-hetero) is 1. The summed E-state index contributed by atoms with van der Waals surface area (Å²) in [5, 5.41) is 7.22. The molecule has 1 aliphatic heterocycles. The Bertz CT molecular complexity index is 825. The fourth-order valence-electron chi connectivity index (χ4n) is 3.17. The van der Waals surface area contributed by atoms with Crippen molar-refractivity contribution in [1.82, 2.24) is 15.1 Å². The fraction of sp³-hybridized carbons (Fsp3) is 0.421. The molecule has 25 heavy (non-hydrogen) atoms. The van der Waals surface area contributed by atoms with Gasteiger partial charge in [-0.05, 0) is 38.0 Å². The minimum Gasteiger partial charge on any atom is -0.490 e. The molecule has 0 radical (unpaired) electrons. The highest BCUT2D eigenvalue weighted by atomic mass is 16.5. The first-order valence-electron chi connectivity index (χ1n) is 8.44. The van der Waals surface area contributed by atoms with E-state index in [0.717, 1.165) is 17.0 Å². The smallest absolute Gasteiger partial charge is 0.223 e. The summed E-state index contributed by atoms with van der Waals surface area (Å²) in [6, 6.07) is 6.47. The van der Waals surface area contributed by atoms with Crippen LogP contribution in [-0.2, 0) is 18.3 Å². The number of benzene rings is 1. The van der Waals surface area contributed by atoms with Gasteiger partial charge in [0.25, 0.3) is 0 Å². The number of hydrogen-bond acceptors (Lipinski definition) is 4. The summed E-state index contributed by atoms with van der Waals surface area (Å²) >= 11 is 0. The Morgan fingerprint density at radius 1 is 1.40 bits per heavy atom. The lowest BCUT2D eigenvalue weighted by atomic mass is 9.97. The topological polar surface area (TPSA) is 73.2 Å². The van der Waals surface area contributed by atoms with Gasteiger partial charge in [0, 0.05) is 18.7 Å². The second-order valence-corrected chi connectivity index (χ2v) is 6.61. The molecule has 0 fully saturated rings. The monoisotopic (exact) mass is 341 g/mol. The van der Waals surface area contributed by atoms with Crippen molar-refractivity contribution >= 4 is 11.7 Å². The van der Waals surface area contributed by atoms with Gasteiger partial charge in [-0.15, -0.1) is 0 Å². The number of para-hydroxylation sites is 1. The van der Waals surface area contributed by atoms with Crippen molar-refractivity contribution in [2.45, 2.75) is 33.2 Å². The number of rotatable bonds is 4. The van der Waals surface area contributed by atoms with Crippen molar-refractivity contribution < 1.29 is 14.3 Å². The van der Waals surface area contributed by atoms with E-state index in [-0.39, 0.29) is 24.2 Å². The van der Waals surface area contributed by atoms with Gasteiger partial charge in [-0.1, -0.05) is 19.1 Å². The zero-order valence-corrected chi connectivity index (χ0v) is 15.0. The summed E-state index contributed by atoms with van der Waals surface area (Å²) in [5.74, 6) is 0.0688. The summed E-state index contributed by atoms with van der Waals surface area (Å²) in [6.07, 6.45) is 0.593. The molecule has 0 aliphatic carbocycles. The molecule has 132 valence electrons. The van der Waals surface area contributed by atoms with Crippen molar-refractivity contribution in [2.75, 3.05) is 6.61 Å². The van der Waals surface area contributed by atoms with E-state index in [2.05, 4.69) is 10.4 Å². The maximum Gasteiger partial charge on any atom is 0.223 e. The molecule has 1 aliphatic rings. The molecule has 2 heterocycles. The lowest BCUT2D eigenvalue weighted by Gasteiger charge is -2.26. The lowest BCUT2D eigenvalue weighted by molar-refractivity contribution is -0.125. The van der Waals surface area contributed by atoms with Crippen molar-refractivity contribution in [3.05, 3.63) is 46.8 Å². The average molecular weight is 341 g/mol. The molecular weight excluding hydrogens is 318 g/mol. The second-order valence-electron chi connectivity index (χ2n) is 6.61. The van der Waals surface area contributed by atoms with Crippen molar-refractivity contribution in [3.8, 4) is 5.75 Å². The van der Waals surface area contributed by atoms with Gasteiger partial charge in [0.2, 0.25) is 5.91 Å². The van der Waals surface area contributed by atoms with E-state index in [1.165, 1.54) is 0 Å². The van der Waals surface area contributed by atoms with Gasteiger partial charge in [0.1, 0.15) is 18.4 Å². The average Bonchev–Trinajstić information content (AvgIpc) is 2.83. The molecule has 3 rings (SSSR count). The number of aromatic nitrogens is 2. The van der Waals surface area contributed by atoms with Gasteiger partial charge in [0.05, 0.1) is 11.3 Å². The summed E-state index contributed by atoms with van der Waals surface area (Å²) in [4.78, 5) is 25.1. The number of fused-ring (bicyclic) bond motifs is 1. The Balaban J connectivity index is 1.67. The minimum absolute atomic E-state index is 0.101. The van der Waals surface area contributed by atoms with E-state index in [0.29, 0.717) is 17.7 Å². The van der Waals surface area contributed by atoms with Gasteiger partial charge in [-0.3, -0.25) is 14.3 Å². The number of nitrogens with zero attached hydrogens (tertiary/aromatic N) is 2. The summed E-state index contributed by atoms with van der Waals surface area (Å²) < 4.78 is 7.42. The maximum atomic E-state index is 12.6. The molecular formula is C19H23N3O3. The lowest BCUT2D eigenvalue weighted by Crippen LogP contribution is -2.49. The Kier molecular flexibility index (Phi) is 4.61. The first kappa shape index (κ1) is 17.2. The molecule has 1 aromatic carbocycles. The molecule has 6 nitrogen and oxygen atoms in total. The molecule has 2 atom stereocenters. The van der Waals surface area contributed by atoms with E-state index in [1.807, 2.05) is 38.6 Å². The summed E-state index contributed by atoms with van der Waals surface area (Å²) in [5.41, 5.74) is 3.60. The summed E-state index contributed by atoms with van der Waals surface area (Å²) in [6.45, 7) is 5.97. The van der Waals surface area contributed by atoms with Gasteiger partial charge in [-0.2, -0.15) is 5.10 Å². The van der Waals surface area contributed by atoms with Gasteiger partial charge < -0.3 is 10.1 Å². The van der Waals surface area contributed by atoms with Crippen LogP contribution in [0.25, 0.3) is 0 Å². The van der Waals surface area contributed by atoms with Crippen LogP contribution in [0.5, 0.6) is 5.75 Å². The third-order valence-corrected chi connectivity index (χ3v) is 4.81. The van der Waals surface area contributed by atoms with Crippen LogP contribution in [-0.4, -0.2) is 34.1 Å². The van der Waals surface area contributed by atoms with Crippen LogP contribution < -0.4 is 10.1 Å². The highest BCUT2D eigenvalue weighted by Crippen LogP contribution is 2.24. The number of aryl methyl sites for hydroxylation is 2. The van der Waals surface area contributed by atoms with Gasteiger partial charge in [-0.25, -0.2) is 0 Å². The molecule has 0 saturated carbocycles. The molecule has 1 amide bonds. The summed E-state index contributed by atoms with van der Waals surface area (Å²) in [7, 11) is 1.89. The molecule has 2 unspecified atom stereocenters. The van der Waals surface area contributed by atoms with E-state index in [1.54, 1.807) is 18.2 Å². The van der Waals surface area contributed by atoms with E-state index in [9.17, 15) is 9.59 Å². The predicted octanol–water partition coefficient (Wildman–Crippen LogP) is 1.98. The number of nitrogens with one attached hydrogen (secondary N) is 1. The zero-order chi connectivity index (χ0) is 18.1. The van der Waals surface area contributed by atoms with Gasteiger partial charge in [0.15, 0.2) is 5.78 Å². The highest BCUT2D eigenvalue weighted by molar-refractivity contribution is 6.05. The van der Waals surface area contributed by atoms with Crippen LogP contribution in [0.3, 0.4) is 0 Å². The van der Waals surface area contributed by atoms with E-state index >= 15 is 0 Å².